The van der Waals surface area contributed by atoms with Crippen molar-refractivity contribution in [2.75, 3.05) is 23.9 Å². The summed E-state index contributed by atoms with van der Waals surface area (Å²) in [5.74, 6) is -2.21. The Kier molecular flexibility index (Phi) is 8.51. The number of methoxy groups -OCH3 is 1. The van der Waals surface area contributed by atoms with Gasteiger partial charge in [-0.1, -0.05) is 17.7 Å². The standard InChI is InChI=1S/C27H20ClFIN3O6/c1-14-3-6-17(12-20(14)28)31-23(34)13-39-24-21(30)10-15(11-22(24)38-2)9-19-25(35)32-27(37)33(26(19)36)18-7-4-16(29)5-8-18/h3-12H,13H2,1-2H3,(H,31,34)(H,32,35,37)/b19-9+. The number of hydrogen-bond donors (Lipinski definition) is 2. The van der Waals surface area contributed by atoms with Crippen LogP contribution in [0.15, 0.2) is 60.2 Å². The van der Waals surface area contributed by atoms with Crippen LogP contribution in [0, 0.1) is 16.3 Å². The van der Waals surface area contributed by atoms with Crippen LogP contribution >= 0.6 is 34.2 Å². The molecule has 0 bridgehead atoms. The maximum Gasteiger partial charge on any atom is 0.335 e. The van der Waals surface area contributed by atoms with E-state index in [2.05, 4.69) is 10.6 Å². The van der Waals surface area contributed by atoms with Gasteiger partial charge in [-0.2, -0.15) is 0 Å². The van der Waals surface area contributed by atoms with Crippen molar-refractivity contribution in [1.82, 2.24) is 5.32 Å². The molecule has 200 valence electrons. The van der Waals surface area contributed by atoms with Gasteiger partial charge in [0.2, 0.25) is 0 Å². The van der Waals surface area contributed by atoms with Gasteiger partial charge in [0.05, 0.1) is 16.4 Å². The van der Waals surface area contributed by atoms with Gasteiger partial charge >= 0.3 is 6.03 Å². The summed E-state index contributed by atoms with van der Waals surface area (Å²) >= 11 is 8.07. The van der Waals surface area contributed by atoms with Gasteiger partial charge in [0.25, 0.3) is 17.7 Å². The molecule has 4 rings (SSSR count). The fraction of sp³-hybridized carbons (Fsp3) is 0.111. The molecule has 0 unspecified atom stereocenters. The average Bonchev–Trinajstić information content (AvgIpc) is 2.88. The molecule has 3 aromatic rings. The number of nitrogens with zero attached hydrogens (tertiary/aromatic N) is 1. The number of anilines is 2. The van der Waals surface area contributed by atoms with Crippen LogP contribution in [0.4, 0.5) is 20.6 Å². The summed E-state index contributed by atoms with van der Waals surface area (Å²) in [6.45, 7) is 1.52. The first kappa shape index (κ1) is 28.0. The molecule has 5 amide bonds. The number of benzene rings is 3. The number of imide groups is 2. The van der Waals surface area contributed by atoms with Gasteiger partial charge < -0.3 is 14.8 Å². The van der Waals surface area contributed by atoms with E-state index in [1.807, 2.05) is 29.5 Å². The molecule has 0 spiro atoms. The minimum absolute atomic E-state index is 0.0967. The number of aryl methyl sites for hydroxylation is 1. The largest absolute Gasteiger partial charge is 0.493 e. The zero-order valence-corrected chi connectivity index (χ0v) is 23.4. The second kappa shape index (κ2) is 11.8. The fourth-order valence-corrected chi connectivity index (χ4v) is 4.58. The maximum atomic E-state index is 13.3. The summed E-state index contributed by atoms with van der Waals surface area (Å²) in [6, 6.07) is 12.0. The molecule has 1 aliphatic rings. The Morgan fingerprint density at radius 1 is 1.13 bits per heavy atom. The second-order valence-electron chi connectivity index (χ2n) is 8.27. The molecule has 3 aromatic carbocycles. The lowest BCUT2D eigenvalue weighted by Gasteiger charge is -2.26. The van der Waals surface area contributed by atoms with Crippen molar-refractivity contribution in [3.05, 3.63) is 85.7 Å². The number of amides is 5. The Morgan fingerprint density at radius 2 is 1.85 bits per heavy atom. The molecule has 0 aliphatic carbocycles. The van der Waals surface area contributed by atoms with E-state index in [4.69, 9.17) is 21.1 Å². The Hall–Kier alpha value is -3.97. The molecule has 0 aromatic heterocycles. The van der Waals surface area contributed by atoms with Gasteiger partial charge in [0.1, 0.15) is 11.4 Å². The SMILES string of the molecule is COc1cc(/C=C2\C(=O)NC(=O)N(c3ccc(F)cc3)C2=O)cc(I)c1OCC(=O)Nc1ccc(C)c(Cl)c1. The Bertz CT molecular complexity index is 1530. The first-order chi connectivity index (χ1) is 18.6. The van der Waals surface area contributed by atoms with Gasteiger partial charge in [0, 0.05) is 10.7 Å². The van der Waals surface area contributed by atoms with Crippen LogP contribution in [0.25, 0.3) is 6.08 Å². The van der Waals surface area contributed by atoms with Crippen LogP contribution in [-0.4, -0.2) is 37.5 Å². The quantitative estimate of drug-likeness (QED) is 0.207. The third-order valence-corrected chi connectivity index (χ3v) is 6.76. The highest BCUT2D eigenvalue weighted by Gasteiger charge is 2.37. The van der Waals surface area contributed by atoms with E-state index in [-0.39, 0.29) is 29.4 Å². The lowest BCUT2D eigenvalue weighted by Crippen LogP contribution is -2.54. The summed E-state index contributed by atoms with van der Waals surface area (Å²) in [5, 5.41) is 5.33. The molecule has 12 heteroatoms. The summed E-state index contributed by atoms with van der Waals surface area (Å²) in [6.07, 6.45) is 1.29. The molecule has 1 heterocycles. The summed E-state index contributed by atoms with van der Waals surface area (Å²) in [4.78, 5) is 51.1. The lowest BCUT2D eigenvalue weighted by molar-refractivity contribution is -0.122. The van der Waals surface area contributed by atoms with Crippen molar-refractivity contribution in [2.45, 2.75) is 6.92 Å². The maximum absolute atomic E-state index is 13.3. The van der Waals surface area contributed by atoms with Crippen molar-refractivity contribution in [1.29, 1.82) is 0 Å². The zero-order valence-electron chi connectivity index (χ0n) is 20.5. The monoisotopic (exact) mass is 663 g/mol. The number of halogens is 3. The molecule has 0 saturated carbocycles. The van der Waals surface area contributed by atoms with Crippen molar-refractivity contribution < 1.29 is 33.0 Å². The molecule has 1 fully saturated rings. The van der Waals surface area contributed by atoms with Gasteiger partial charge in [0.15, 0.2) is 18.1 Å². The lowest BCUT2D eigenvalue weighted by atomic mass is 10.1. The van der Waals surface area contributed by atoms with Crippen molar-refractivity contribution in [3.63, 3.8) is 0 Å². The number of ether oxygens (including phenoxy) is 2. The Morgan fingerprint density at radius 3 is 2.51 bits per heavy atom. The number of carbonyl (C=O) groups is 4. The van der Waals surface area contributed by atoms with Crippen LogP contribution in [0.5, 0.6) is 11.5 Å². The smallest absolute Gasteiger partial charge is 0.335 e. The molecule has 2 N–H and O–H groups in total. The predicted octanol–water partition coefficient (Wildman–Crippen LogP) is 5.08. The fourth-order valence-electron chi connectivity index (χ4n) is 3.62. The average molecular weight is 664 g/mol. The van der Waals surface area contributed by atoms with E-state index in [1.165, 1.54) is 31.4 Å². The minimum Gasteiger partial charge on any atom is -0.493 e. The van der Waals surface area contributed by atoms with E-state index in [0.717, 1.165) is 22.6 Å². The number of carbonyl (C=O) groups excluding carboxylic acids is 4. The third kappa shape index (κ3) is 6.37. The van der Waals surface area contributed by atoms with Crippen molar-refractivity contribution >= 4 is 75.4 Å². The summed E-state index contributed by atoms with van der Waals surface area (Å²) < 4.78 is 25.0. The Labute approximate surface area is 241 Å². The molecule has 0 atom stereocenters. The summed E-state index contributed by atoms with van der Waals surface area (Å²) in [5.41, 5.74) is 1.57. The highest BCUT2D eigenvalue weighted by molar-refractivity contribution is 14.1. The van der Waals surface area contributed by atoms with Crippen molar-refractivity contribution in [2.24, 2.45) is 0 Å². The number of urea groups is 1. The van der Waals surface area contributed by atoms with Gasteiger partial charge in [-0.25, -0.2) is 14.1 Å². The first-order valence-corrected chi connectivity index (χ1v) is 12.8. The number of barbiturate groups is 1. The minimum atomic E-state index is -0.948. The number of nitrogens with one attached hydrogen (secondary N) is 2. The van der Waals surface area contributed by atoms with Gasteiger partial charge in [-0.05, 0) is 95.2 Å². The van der Waals surface area contributed by atoms with Crippen LogP contribution in [0.2, 0.25) is 5.02 Å². The first-order valence-electron chi connectivity index (χ1n) is 11.3. The van der Waals surface area contributed by atoms with Gasteiger partial charge in [-0.15, -0.1) is 0 Å². The topological polar surface area (TPSA) is 114 Å². The van der Waals surface area contributed by atoms with E-state index in [0.29, 0.717) is 19.8 Å². The van der Waals surface area contributed by atoms with Crippen molar-refractivity contribution in [3.8, 4) is 11.5 Å². The molecule has 1 saturated heterocycles. The van der Waals surface area contributed by atoms with Crippen LogP contribution in [0.1, 0.15) is 11.1 Å². The van der Waals surface area contributed by atoms with Gasteiger partial charge in [-0.3, -0.25) is 19.7 Å². The number of rotatable bonds is 7. The van der Waals surface area contributed by atoms with Crippen LogP contribution in [0.3, 0.4) is 0 Å². The summed E-state index contributed by atoms with van der Waals surface area (Å²) in [7, 11) is 1.40. The van der Waals surface area contributed by atoms with E-state index in [1.54, 1.807) is 24.3 Å². The van der Waals surface area contributed by atoms with Crippen LogP contribution in [-0.2, 0) is 14.4 Å². The van der Waals surface area contributed by atoms with E-state index in [9.17, 15) is 23.6 Å². The molecule has 9 nitrogen and oxygen atoms in total. The van der Waals surface area contributed by atoms with E-state index >= 15 is 0 Å². The second-order valence-corrected chi connectivity index (χ2v) is 9.84. The number of hydrogen-bond acceptors (Lipinski definition) is 6. The van der Waals surface area contributed by atoms with E-state index < -0.39 is 29.6 Å². The third-order valence-electron chi connectivity index (χ3n) is 5.55. The molecular weight excluding hydrogens is 644 g/mol. The zero-order chi connectivity index (χ0) is 28.3. The Balaban J connectivity index is 1.54. The predicted molar refractivity (Wildman–Crippen MR) is 151 cm³/mol. The molecule has 39 heavy (non-hydrogen) atoms. The molecular formula is C27H20ClFIN3O6. The highest BCUT2D eigenvalue weighted by atomic mass is 127. The van der Waals surface area contributed by atoms with Crippen LogP contribution < -0.4 is 25.0 Å². The molecule has 1 aliphatic heterocycles. The molecule has 0 radical (unpaired) electrons. The normalized spacial score (nSPS) is 14.3. The highest BCUT2D eigenvalue weighted by Crippen LogP contribution is 2.35.